The van der Waals surface area contributed by atoms with Crippen LogP contribution in [0, 0.1) is 0 Å². The van der Waals surface area contributed by atoms with Gasteiger partial charge in [0.1, 0.15) is 11.2 Å². The van der Waals surface area contributed by atoms with Gasteiger partial charge in [0, 0.05) is 49.0 Å². The maximum absolute atomic E-state index is 14.0. The van der Waals surface area contributed by atoms with Gasteiger partial charge in [-0.2, -0.15) is 13.2 Å². The molecule has 2 heterocycles. The van der Waals surface area contributed by atoms with E-state index >= 15 is 0 Å². The zero-order valence-electron chi connectivity index (χ0n) is 25.4. The molecule has 1 aliphatic rings. The Kier molecular flexibility index (Phi) is 10.4. The van der Waals surface area contributed by atoms with E-state index in [1.54, 1.807) is 18.0 Å². The summed E-state index contributed by atoms with van der Waals surface area (Å²) in [5.74, 6) is -0.460. The highest BCUT2D eigenvalue weighted by Gasteiger charge is 2.36. The summed E-state index contributed by atoms with van der Waals surface area (Å²) in [6.45, 7) is 6.89. The second-order valence-electron chi connectivity index (χ2n) is 11.9. The number of aromatic nitrogens is 3. The third-order valence-electron chi connectivity index (χ3n) is 7.37. The summed E-state index contributed by atoms with van der Waals surface area (Å²) in [7, 11) is 2.98. The lowest BCUT2D eigenvalue weighted by atomic mass is 10.0. The van der Waals surface area contributed by atoms with Crippen molar-refractivity contribution in [2.45, 2.75) is 76.7 Å². The van der Waals surface area contributed by atoms with Crippen LogP contribution < -0.4 is 10.6 Å². The van der Waals surface area contributed by atoms with Crippen LogP contribution in [0.15, 0.2) is 29.0 Å². The van der Waals surface area contributed by atoms with Crippen LogP contribution in [-0.4, -0.2) is 76.8 Å². The zero-order valence-corrected chi connectivity index (χ0v) is 27.0. The van der Waals surface area contributed by atoms with Gasteiger partial charge in [0.25, 0.3) is 0 Å². The maximum atomic E-state index is 14.0. The van der Waals surface area contributed by atoms with Crippen LogP contribution in [0.5, 0.6) is 0 Å². The third-order valence-corrected chi connectivity index (χ3v) is 8.20. The number of benzene rings is 1. The van der Waals surface area contributed by atoms with Crippen molar-refractivity contribution >= 4 is 44.8 Å². The summed E-state index contributed by atoms with van der Waals surface area (Å²) in [5, 5.41) is 7.22. The van der Waals surface area contributed by atoms with Gasteiger partial charge in [0.2, 0.25) is 5.95 Å². The van der Waals surface area contributed by atoms with Crippen molar-refractivity contribution in [3.63, 3.8) is 0 Å². The number of alkyl halides is 3. The Hall–Kier alpha value is -3.39. The SMILES string of the molecule is COC(=O)c1ccc2c(-c3nc(N[C@H]4CC[C@H](NCCCCN(C)C(=O)OC(C)(C)C)C4)ncc3C(F)(F)F)c[nH]c2c1Br. The topological polar surface area (TPSA) is 121 Å². The molecule has 1 fully saturated rings. The molecule has 3 aromatic rings. The van der Waals surface area contributed by atoms with Crippen molar-refractivity contribution in [2.24, 2.45) is 0 Å². The molecule has 0 aliphatic heterocycles. The third kappa shape index (κ3) is 8.20. The number of carbonyl (C=O) groups excluding carboxylic acids is 2. The molecule has 14 heteroatoms. The van der Waals surface area contributed by atoms with E-state index in [1.807, 2.05) is 20.8 Å². The van der Waals surface area contributed by atoms with Gasteiger partial charge in [-0.1, -0.05) is 6.07 Å². The van der Waals surface area contributed by atoms with E-state index in [0.29, 0.717) is 21.9 Å². The van der Waals surface area contributed by atoms with E-state index in [4.69, 9.17) is 9.47 Å². The molecule has 2 atom stereocenters. The van der Waals surface area contributed by atoms with Gasteiger partial charge in [-0.15, -0.1) is 0 Å². The number of H-pyrrole nitrogens is 1. The number of carbonyl (C=O) groups is 2. The minimum Gasteiger partial charge on any atom is -0.465 e. The highest BCUT2D eigenvalue weighted by molar-refractivity contribution is 9.10. The fraction of sp³-hybridized carbons (Fsp3) is 0.533. The normalized spacial score (nSPS) is 17.1. The number of esters is 1. The van der Waals surface area contributed by atoms with Crippen LogP contribution in [0.2, 0.25) is 0 Å². The Balaban J connectivity index is 1.38. The van der Waals surface area contributed by atoms with Crippen LogP contribution >= 0.6 is 15.9 Å². The molecule has 2 aromatic heterocycles. The molecule has 10 nitrogen and oxygen atoms in total. The minimum absolute atomic E-state index is 0.00452. The molecule has 4 rings (SSSR count). The molecule has 1 saturated carbocycles. The number of hydrogen-bond donors (Lipinski definition) is 3. The fourth-order valence-corrected chi connectivity index (χ4v) is 5.81. The molecule has 1 amide bonds. The Morgan fingerprint density at radius 1 is 1.16 bits per heavy atom. The first-order valence-corrected chi connectivity index (χ1v) is 15.2. The molecule has 0 bridgehead atoms. The Labute approximate surface area is 262 Å². The molecule has 1 aliphatic carbocycles. The molecule has 0 spiro atoms. The van der Waals surface area contributed by atoms with E-state index in [9.17, 15) is 22.8 Å². The zero-order chi connectivity index (χ0) is 32.2. The number of halogens is 4. The highest BCUT2D eigenvalue weighted by Crippen LogP contribution is 2.40. The summed E-state index contributed by atoms with van der Waals surface area (Å²) < 4.78 is 52.6. The molecule has 1 aromatic carbocycles. The number of unbranched alkanes of at least 4 members (excludes halogenated alkanes) is 1. The number of hydrogen-bond acceptors (Lipinski definition) is 8. The molecule has 240 valence electrons. The smallest absolute Gasteiger partial charge is 0.419 e. The van der Waals surface area contributed by atoms with E-state index in [0.717, 1.165) is 44.8 Å². The molecule has 0 unspecified atom stereocenters. The Morgan fingerprint density at radius 3 is 2.57 bits per heavy atom. The second-order valence-corrected chi connectivity index (χ2v) is 12.7. The minimum atomic E-state index is -4.68. The average molecular weight is 684 g/mol. The van der Waals surface area contributed by atoms with Crippen molar-refractivity contribution in [2.75, 3.05) is 32.6 Å². The molecule has 0 radical (unpaired) electrons. The number of anilines is 1. The first-order chi connectivity index (χ1) is 20.7. The number of nitrogens with zero attached hydrogens (tertiary/aromatic N) is 3. The predicted molar refractivity (Wildman–Crippen MR) is 165 cm³/mol. The number of amides is 1. The second kappa shape index (κ2) is 13.7. The summed E-state index contributed by atoms with van der Waals surface area (Å²) >= 11 is 3.37. The lowest BCUT2D eigenvalue weighted by Gasteiger charge is -2.24. The fourth-order valence-electron chi connectivity index (χ4n) is 5.18. The first kappa shape index (κ1) is 33.5. The van der Waals surface area contributed by atoms with Gasteiger partial charge in [-0.3, -0.25) is 0 Å². The van der Waals surface area contributed by atoms with Crippen LogP contribution in [0.25, 0.3) is 22.2 Å². The number of methoxy groups -OCH3 is 1. The van der Waals surface area contributed by atoms with Crippen LogP contribution in [0.1, 0.15) is 68.8 Å². The lowest BCUT2D eigenvalue weighted by Crippen LogP contribution is -2.35. The van der Waals surface area contributed by atoms with Gasteiger partial charge >= 0.3 is 18.2 Å². The molecular weight excluding hydrogens is 645 g/mol. The predicted octanol–water partition coefficient (Wildman–Crippen LogP) is 6.76. The molecular formula is C30H38BrF3N6O4. The summed E-state index contributed by atoms with van der Waals surface area (Å²) in [5.41, 5.74) is -0.822. The number of nitrogens with one attached hydrogen (secondary N) is 3. The Morgan fingerprint density at radius 2 is 1.89 bits per heavy atom. The number of aromatic amines is 1. The standard InChI is InChI=1S/C30H38BrF3N6O4/c1-29(2,3)44-28(42)40(4)13-7-6-12-35-17-8-9-18(14-17)38-27-37-16-22(30(32,33)34)24(39-27)21-15-36-25-19(21)10-11-20(23(25)31)26(41)43-5/h10-11,15-18,35-36H,6-9,12-14H2,1-5H3,(H,37,38,39)/t17-,18-/m0/s1. The number of rotatable bonds is 10. The number of fused-ring (bicyclic) bond motifs is 1. The summed E-state index contributed by atoms with van der Waals surface area (Å²) in [6, 6.07) is 3.31. The van der Waals surface area contributed by atoms with Crippen molar-refractivity contribution in [1.29, 1.82) is 0 Å². The van der Waals surface area contributed by atoms with E-state index in [1.165, 1.54) is 19.4 Å². The monoisotopic (exact) mass is 682 g/mol. The van der Waals surface area contributed by atoms with Crippen LogP contribution in [-0.2, 0) is 15.7 Å². The van der Waals surface area contributed by atoms with E-state index in [-0.39, 0.29) is 40.9 Å². The number of ether oxygens (including phenoxy) is 2. The van der Waals surface area contributed by atoms with Gasteiger partial charge in [-0.05, 0) is 81.4 Å². The van der Waals surface area contributed by atoms with Crippen molar-refractivity contribution < 1.29 is 32.2 Å². The van der Waals surface area contributed by atoms with Crippen molar-refractivity contribution in [3.05, 3.63) is 40.1 Å². The van der Waals surface area contributed by atoms with Gasteiger partial charge in [0.15, 0.2) is 0 Å². The molecule has 44 heavy (non-hydrogen) atoms. The highest BCUT2D eigenvalue weighted by atomic mass is 79.9. The van der Waals surface area contributed by atoms with E-state index < -0.39 is 23.3 Å². The Bertz CT molecular complexity index is 1490. The molecule has 3 N–H and O–H groups in total. The van der Waals surface area contributed by atoms with Crippen molar-refractivity contribution in [3.8, 4) is 11.3 Å². The maximum Gasteiger partial charge on any atom is 0.419 e. The van der Waals surface area contributed by atoms with Crippen molar-refractivity contribution in [1.82, 2.24) is 25.2 Å². The summed E-state index contributed by atoms with van der Waals surface area (Å²) in [4.78, 5) is 37.0. The average Bonchev–Trinajstić information content (AvgIpc) is 3.58. The van der Waals surface area contributed by atoms with Gasteiger partial charge in [-0.25, -0.2) is 19.6 Å². The lowest BCUT2D eigenvalue weighted by molar-refractivity contribution is -0.137. The molecule has 0 saturated heterocycles. The van der Waals surface area contributed by atoms with Gasteiger partial charge < -0.3 is 30.0 Å². The summed E-state index contributed by atoms with van der Waals surface area (Å²) in [6.07, 6.45) is 1.44. The largest absolute Gasteiger partial charge is 0.465 e. The van der Waals surface area contributed by atoms with Crippen LogP contribution in [0.4, 0.5) is 23.9 Å². The van der Waals surface area contributed by atoms with Gasteiger partial charge in [0.05, 0.1) is 28.4 Å². The quantitative estimate of drug-likeness (QED) is 0.158. The van der Waals surface area contributed by atoms with E-state index in [2.05, 4.69) is 41.5 Å². The first-order valence-electron chi connectivity index (χ1n) is 14.4. The van der Waals surface area contributed by atoms with Crippen LogP contribution in [0.3, 0.4) is 0 Å².